The van der Waals surface area contributed by atoms with E-state index in [-0.39, 0.29) is 18.5 Å². The molecule has 0 spiro atoms. The number of likely N-dealkylation sites (tertiary alicyclic amines) is 1. The summed E-state index contributed by atoms with van der Waals surface area (Å²) in [5.41, 5.74) is -2.20. The van der Waals surface area contributed by atoms with Crippen molar-refractivity contribution in [1.82, 2.24) is 4.90 Å². The second kappa shape index (κ2) is 6.31. The highest BCUT2D eigenvalue weighted by molar-refractivity contribution is 5.96. The first kappa shape index (κ1) is 16.9. The molecule has 1 saturated heterocycles. The van der Waals surface area contributed by atoms with Gasteiger partial charge in [0.25, 0.3) is 5.91 Å². The maximum absolute atomic E-state index is 14.1. The van der Waals surface area contributed by atoms with E-state index in [1.54, 1.807) is 0 Å². The third-order valence-corrected chi connectivity index (χ3v) is 3.80. The number of carbonyl (C=O) groups excluding carboxylic acids is 1. The number of nitrogens with zero attached hydrogens (tertiary/aromatic N) is 1. The molecule has 1 aromatic rings. The van der Waals surface area contributed by atoms with Crippen LogP contribution in [-0.2, 0) is 4.79 Å². The topological polar surface area (TPSA) is 85.3 Å². The lowest BCUT2D eigenvalue weighted by Crippen LogP contribution is -2.38. The van der Waals surface area contributed by atoms with Crippen molar-refractivity contribution in [3.8, 4) is 17.2 Å². The Kier molecular flexibility index (Phi) is 4.63. The van der Waals surface area contributed by atoms with Crippen LogP contribution >= 0.6 is 0 Å². The molecule has 1 heterocycles. The minimum absolute atomic E-state index is 0.0261. The molecule has 7 nitrogen and oxygen atoms in total. The summed E-state index contributed by atoms with van der Waals surface area (Å²) >= 11 is 0. The number of ether oxygens (including phenoxy) is 3. The first-order valence-corrected chi connectivity index (χ1v) is 6.88. The molecule has 23 heavy (non-hydrogen) atoms. The fourth-order valence-electron chi connectivity index (χ4n) is 2.51. The van der Waals surface area contributed by atoms with Gasteiger partial charge in [-0.1, -0.05) is 0 Å². The van der Waals surface area contributed by atoms with E-state index in [9.17, 15) is 14.0 Å². The standard InChI is InChI=1S/C15H18FNO6/c1-21-10-6-9(7-11(22-2)12(10)23-3)13(18)17-5-4-15(16,8-17)14(19)20/h6-7H,4-5,8H2,1-3H3,(H,19,20). The van der Waals surface area contributed by atoms with Gasteiger partial charge in [-0.05, 0) is 12.1 Å². The molecule has 1 unspecified atom stereocenters. The van der Waals surface area contributed by atoms with Crippen molar-refractivity contribution >= 4 is 11.9 Å². The van der Waals surface area contributed by atoms with Crippen molar-refractivity contribution in [3.05, 3.63) is 17.7 Å². The van der Waals surface area contributed by atoms with E-state index in [2.05, 4.69) is 0 Å². The van der Waals surface area contributed by atoms with Crippen LogP contribution in [0.2, 0.25) is 0 Å². The quantitative estimate of drug-likeness (QED) is 0.879. The fourth-order valence-corrected chi connectivity index (χ4v) is 2.51. The molecular weight excluding hydrogens is 309 g/mol. The van der Waals surface area contributed by atoms with Crippen molar-refractivity contribution in [2.24, 2.45) is 0 Å². The lowest BCUT2D eigenvalue weighted by atomic mass is 10.1. The van der Waals surface area contributed by atoms with E-state index < -0.39 is 24.1 Å². The van der Waals surface area contributed by atoms with Crippen LogP contribution in [0, 0.1) is 0 Å². The molecule has 1 amide bonds. The van der Waals surface area contributed by atoms with Crippen LogP contribution in [0.3, 0.4) is 0 Å². The summed E-state index contributed by atoms with van der Waals surface area (Å²) in [7, 11) is 4.27. The Morgan fingerprint density at radius 2 is 1.74 bits per heavy atom. The van der Waals surface area contributed by atoms with E-state index in [4.69, 9.17) is 19.3 Å². The van der Waals surface area contributed by atoms with Gasteiger partial charge in [0.1, 0.15) is 0 Å². The van der Waals surface area contributed by atoms with Gasteiger partial charge in [-0.25, -0.2) is 9.18 Å². The van der Waals surface area contributed by atoms with Gasteiger partial charge in [-0.2, -0.15) is 0 Å². The number of hydrogen-bond acceptors (Lipinski definition) is 5. The van der Waals surface area contributed by atoms with Gasteiger partial charge in [0.15, 0.2) is 11.5 Å². The van der Waals surface area contributed by atoms with Gasteiger partial charge < -0.3 is 24.2 Å². The Morgan fingerprint density at radius 1 is 1.17 bits per heavy atom. The maximum Gasteiger partial charge on any atom is 0.343 e. The summed E-state index contributed by atoms with van der Waals surface area (Å²) in [4.78, 5) is 24.6. The summed E-state index contributed by atoms with van der Waals surface area (Å²) in [6, 6.07) is 2.89. The smallest absolute Gasteiger partial charge is 0.343 e. The molecule has 0 bridgehead atoms. The third kappa shape index (κ3) is 3.01. The number of aliphatic carboxylic acids is 1. The number of alkyl halides is 1. The van der Waals surface area contributed by atoms with Crippen molar-refractivity contribution in [1.29, 1.82) is 0 Å². The van der Waals surface area contributed by atoms with Gasteiger partial charge in [0.05, 0.1) is 27.9 Å². The summed E-state index contributed by atoms with van der Waals surface area (Å²) in [6.07, 6.45) is -0.238. The highest BCUT2D eigenvalue weighted by Gasteiger charge is 2.47. The molecule has 1 aromatic carbocycles. The molecule has 1 aliphatic heterocycles. The Bertz CT molecular complexity index is 609. The lowest BCUT2D eigenvalue weighted by Gasteiger charge is -2.19. The average Bonchev–Trinajstić information content (AvgIpc) is 2.96. The minimum Gasteiger partial charge on any atom is -0.493 e. The highest BCUT2D eigenvalue weighted by atomic mass is 19.1. The number of carboxylic acid groups (broad SMARTS) is 1. The monoisotopic (exact) mass is 327 g/mol. The van der Waals surface area contributed by atoms with E-state index in [1.807, 2.05) is 0 Å². The molecule has 126 valence electrons. The van der Waals surface area contributed by atoms with E-state index in [1.165, 1.54) is 33.5 Å². The van der Waals surface area contributed by atoms with Crippen LogP contribution in [0.4, 0.5) is 4.39 Å². The average molecular weight is 327 g/mol. The molecule has 8 heteroatoms. The number of halogens is 1. The number of carboxylic acids is 1. The Morgan fingerprint density at radius 3 is 2.13 bits per heavy atom. The van der Waals surface area contributed by atoms with Crippen LogP contribution in [0.25, 0.3) is 0 Å². The summed E-state index contributed by atoms with van der Waals surface area (Å²) in [5, 5.41) is 8.91. The number of carbonyl (C=O) groups is 2. The molecule has 2 rings (SSSR count). The van der Waals surface area contributed by atoms with Gasteiger partial charge in [0.2, 0.25) is 11.4 Å². The molecule has 0 saturated carbocycles. The van der Waals surface area contributed by atoms with Crippen molar-refractivity contribution in [2.75, 3.05) is 34.4 Å². The molecule has 1 fully saturated rings. The predicted molar refractivity (Wildman–Crippen MR) is 78.1 cm³/mol. The maximum atomic E-state index is 14.1. The number of benzene rings is 1. The van der Waals surface area contributed by atoms with Gasteiger partial charge in [0, 0.05) is 18.5 Å². The molecule has 1 aliphatic rings. The summed E-state index contributed by atoms with van der Waals surface area (Å²) in [5.74, 6) is -1.14. The Balaban J connectivity index is 2.32. The van der Waals surface area contributed by atoms with E-state index >= 15 is 0 Å². The first-order chi connectivity index (χ1) is 10.9. The second-order valence-electron chi connectivity index (χ2n) is 5.16. The van der Waals surface area contributed by atoms with Crippen molar-refractivity contribution < 1.29 is 33.3 Å². The number of rotatable bonds is 5. The molecular formula is C15H18FNO6. The molecule has 0 radical (unpaired) electrons. The molecule has 0 aliphatic carbocycles. The van der Waals surface area contributed by atoms with Crippen LogP contribution in [0.15, 0.2) is 12.1 Å². The summed E-state index contributed by atoms with van der Waals surface area (Å²) in [6.45, 7) is -0.462. The third-order valence-electron chi connectivity index (χ3n) is 3.80. The van der Waals surface area contributed by atoms with Crippen LogP contribution < -0.4 is 14.2 Å². The largest absolute Gasteiger partial charge is 0.493 e. The van der Waals surface area contributed by atoms with Crippen LogP contribution in [0.5, 0.6) is 17.2 Å². The van der Waals surface area contributed by atoms with Gasteiger partial charge >= 0.3 is 5.97 Å². The second-order valence-corrected chi connectivity index (χ2v) is 5.16. The number of methoxy groups -OCH3 is 3. The van der Waals surface area contributed by atoms with Crippen LogP contribution in [-0.4, -0.2) is 62.0 Å². The zero-order valence-corrected chi connectivity index (χ0v) is 13.1. The fraction of sp³-hybridized carbons (Fsp3) is 0.467. The van der Waals surface area contributed by atoms with Crippen molar-refractivity contribution in [2.45, 2.75) is 12.1 Å². The Labute approximate surface area is 132 Å². The Hall–Kier alpha value is -2.51. The van der Waals surface area contributed by atoms with E-state index in [0.717, 1.165) is 4.90 Å². The minimum atomic E-state index is -2.41. The summed E-state index contributed by atoms with van der Waals surface area (Å²) < 4.78 is 29.6. The predicted octanol–water partition coefficient (Wildman–Crippen LogP) is 1.35. The molecule has 1 N–H and O–H groups in total. The normalized spacial score (nSPS) is 20.3. The van der Waals surface area contributed by atoms with Crippen molar-refractivity contribution in [3.63, 3.8) is 0 Å². The SMILES string of the molecule is COc1cc(C(=O)N2CCC(F)(C(=O)O)C2)cc(OC)c1OC. The number of hydrogen-bond donors (Lipinski definition) is 1. The molecule has 0 aromatic heterocycles. The zero-order chi connectivity index (χ0) is 17.2. The van der Waals surface area contributed by atoms with Gasteiger partial charge in [-0.3, -0.25) is 4.79 Å². The van der Waals surface area contributed by atoms with Crippen LogP contribution in [0.1, 0.15) is 16.8 Å². The van der Waals surface area contributed by atoms with Gasteiger partial charge in [-0.15, -0.1) is 0 Å². The lowest BCUT2D eigenvalue weighted by molar-refractivity contribution is -0.149. The zero-order valence-electron chi connectivity index (χ0n) is 13.1. The number of amides is 1. The highest BCUT2D eigenvalue weighted by Crippen LogP contribution is 2.39. The first-order valence-electron chi connectivity index (χ1n) is 6.88. The van der Waals surface area contributed by atoms with E-state index in [0.29, 0.717) is 17.2 Å². The molecule has 1 atom stereocenters.